The number of nitrogens with one attached hydrogen (secondary N) is 2. The third-order valence-electron chi connectivity index (χ3n) is 2.90. The van der Waals surface area contributed by atoms with Crippen LogP contribution in [0.2, 0.25) is 0 Å². The molecule has 0 atom stereocenters. The Morgan fingerprint density at radius 2 is 1.73 bits per heavy atom. The van der Waals surface area contributed by atoms with Crippen molar-refractivity contribution in [2.45, 2.75) is 13.8 Å². The molecule has 0 aliphatic heterocycles. The molecule has 1 aromatic heterocycles. The minimum atomic E-state index is -0.904. The van der Waals surface area contributed by atoms with Crippen LogP contribution < -0.4 is 16.4 Å². The highest BCUT2D eigenvalue weighted by atomic mass is 32.1. The van der Waals surface area contributed by atoms with Crippen molar-refractivity contribution in [1.29, 1.82) is 0 Å². The predicted molar refractivity (Wildman–Crippen MR) is 83.8 cm³/mol. The number of hydrogen-bond acceptors (Lipinski definition) is 5. The van der Waals surface area contributed by atoms with E-state index in [4.69, 9.17) is 5.73 Å². The number of hydrogen-bond donors (Lipinski definition) is 3. The molecule has 1 heterocycles. The molecule has 3 amide bonds. The van der Waals surface area contributed by atoms with Gasteiger partial charge in [0.2, 0.25) is 0 Å². The fourth-order valence-electron chi connectivity index (χ4n) is 1.67. The van der Waals surface area contributed by atoms with Gasteiger partial charge < -0.3 is 11.1 Å². The molecule has 0 bridgehead atoms. The lowest BCUT2D eigenvalue weighted by Crippen LogP contribution is -2.30. The fourth-order valence-corrected chi connectivity index (χ4v) is 2.48. The summed E-state index contributed by atoms with van der Waals surface area (Å²) in [5.41, 5.74) is 6.31. The number of carbonyl (C=O) groups excluding carboxylic acids is 3. The lowest BCUT2D eigenvalue weighted by Gasteiger charge is -2.08. The third kappa shape index (κ3) is 3.47. The molecule has 0 aliphatic rings. The number of benzene rings is 1. The summed E-state index contributed by atoms with van der Waals surface area (Å²) in [4.78, 5) is 40.1. The van der Waals surface area contributed by atoms with Gasteiger partial charge in [-0.2, -0.15) is 0 Å². The van der Waals surface area contributed by atoms with Gasteiger partial charge >= 0.3 is 11.8 Å². The Morgan fingerprint density at radius 1 is 1.09 bits per heavy atom. The summed E-state index contributed by atoms with van der Waals surface area (Å²) >= 11 is 1.28. The first-order valence-corrected chi connectivity index (χ1v) is 7.15. The number of para-hydroxylation sites is 1. The highest BCUT2D eigenvalue weighted by Crippen LogP contribution is 2.21. The van der Waals surface area contributed by atoms with Gasteiger partial charge in [-0.15, -0.1) is 11.3 Å². The smallest absolute Gasteiger partial charge is 0.315 e. The maximum absolute atomic E-state index is 11.9. The summed E-state index contributed by atoms with van der Waals surface area (Å²) in [6, 6.07) is 6.18. The van der Waals surface area contributed by atoms with E-state index >= 15 is 0 Å². The van der Waals surface area contributed by atoms with Gasteiger partial charge in [0, 0.05) is 4.88 Å². The Kier molecular flexibility index (Phi) is 4.52. The zero-order chi connectivity index (χ0) is 16.3. The number of aryl methyl sites for hydroxylation is 2. The first-order chi connectivity index (χ1) is 10.4. The molecule has 0 fully saturated rings. The second kappa shape index (κ2) is 6.35. The molecule has 2 rings (SSSR count). The van der Waals surface area contributed by atoms with Gasteiger partial charge in [-0.1, -0.05) is 12.1 Å². The van der Waals surface area contributed by atoms with Crippen LogP contribution in [-0.2, 0) is 9.59 Å². The Morgan fingerprint density at radius 3 is 2.32 bits per heavy atom. The molecule has 0 radical (unpaired) electrons. The van der Waals surface area contributed by atoms with E-state index < -0.39 is 17.7 Å². The Labute approximate surface area is 130 Å². The van der Waals surface area contributed by atoms with E-state index in [1.54, 1.807) is 12.1 Å². The van der Waals surface area contributed by atoms with Crippen LogP contribution in [0.3, 0.4) is 0 Å². The van der Waals surface area contributed by atoms with E-state index in [-0.39, 0.29) is 11.3 Å². The summed E-state index contributed by atoms with van der Waals surface area (Å²) in [5, 5.41) is 5.12. The Hall–Kier alpha value is -2.74. The second-order valence-corrected chi connectivity index (χ2v) is 5.68. The quantitative estimate of drug-likeness (QED) is 0.743. The first kappa shape index (κ1) is 15.6. The molecule has 8 heteroatoms. The molecule has 2 aromatic rings. The average Bonchev–Trinajstić information content (AvgIpc) is 2.77. The van der Waals surface area contributed by atoms with Crippen LogP contribution in [0.5, 0.6) is 0 Å². The van der Waals surface area contributed by atoms with Crippen molar-refractivity contribution in [1.82, 2.24) is 4.98 Å². The Bertz CT molecular complexity index is 735. The van der Waals surface area contributed by atoms with Crippen molar-refractivity contribution in [3.63, 3.8) is 0 Å². The van der Waals surface area contributed by atoms with Gasteiger partial charge in [-0.25, -0.2) is 4.98 Å². The Balaban J connectivity index is 2.09. The molecular formula is C14H14N4O3S. The summed E-state index contributed by atoms with van der Waals surface area (Å²) in [5.74, 6) is -2.46. The van der Waals surface area contributed by atoms with Gasteiger partial charge in [-0.3, -0.25) is 19.7 Å². The third-order valence-corrected chi connectivity index (χ3v) is 3.88. The molecule has 1 aromatic carbocycles. The van der Waals surface area contributed by atoms with Crippen molar-refractivity contribution < 1.29 is 14.4 Å². The number of aromatic nitrogens is 1. The highest BCUT2D eigenvalue weighted by Gasteiger charge is 2.18. The maximum atomic E-state index is 11.9. The zero-order valence-corrected chi connectivity index (χ0v) is 12.8. The van der Waals surface area contributed by atoms with E-state index in [1.807, 2.05) is 13.8 Å². The van der Waals surface area contributed by atoms with E-state index in [1.165, 1.54) is 23.5 Å². The van der Waals surface area contributed by atoms with E-state index in [0.29, 0.717) is 5.13 Å². The molecule has 4 N–H and O–H groups in total. The fraction of sp³-hybridized carbons (Fsp3) is 0.143. The number of amides is 3. The number of anilines is 2. The van der Waals surface area contributed by atoms with Crippen LogP contribution in [0.15, 0.2) is 24.3 Å². The molecule has 0 unspecified atom stereocenters. The van der Waals surface area contributed by atoms with E-state index in [2.05, 4.69) is 15.6 Å². The van der Waals surface area contributed by atoms with Crippen molar-refractivity contribution in [3.05, 3.63) is 40.4 Å². The topological polar surface area (TPSA) is 114 Å². The summed E-state index contributed by atoms with van der Waals surface area (Å²) in [7, 11) is 0. The molecule has 0 spiro atoms. The molecule has 114 valence electrons. The molecule has 22 heavy (non-hydrogen) atoms. The van der Waals surface area contributed by atoms with Crippen molar-refractivity contribution in [2.24, 2.45) is 5.73 Å². The number of nitrogens with zero attached hydrogens (tertiary/aromatic N) is 1. The normalized spacial score (nSPS) is 10.1. The van der Waals surface area contributed by atoms with Crippen LogP contribution in [0.4, 0.5) is 10.8 Å². The van der Waals surface area contributed by atoms with Crippen LogP contribution in [0.1, 0.15) is 20.9 Å². The van der Waals surface area contributed by atoms with Crippen LogP contribution >= 0.6 is 11.3 Å². The molecule has 0 saturated carbocycles. The molecular weight excluding hydrogens is 304 g/mol. The van der Waals surface area contributed by atoms with E-state index in [0.717, 1.165) is 10.6 Å². The number of carbonyl (C=O) groups is 3. The number of rotatable bonds is 3. The molecule has 0 saturated heterocycles. The molecule has 0 aliphatic carbocycles. The van der Waals surface area contributed by atoms with E-state index in [9.17, 15) is 14.4 Å². The van der Waals surface area contributed by atoms with Crippen LogP contribution in [0.25, 0.3) is 0 Å². The van der Waals surface area contributed by atoms with Gasteiger partial charge in [0.15, 0.2) is 5.13 Å². The summed E-state index contributed by atoms with van der Waals surface area (Å²) in [6.07, 6.45) is 0. The minimum absolute atomic E-state index is 0.129. The number of thiazole rings is 1. The van der Waals surface area contributed by atoms with Crippen molar-refractivity contribution in [3.8, 4) is 0 Å². The monoisotopic (exact) mass is 318 g/mol. The van der Waals surface area contributed by atoms with Crippen molar-refractivity contribution >= 4 is 39.9 Å². The van der Waals surface area contributed by atoms with Gasteiger partial charge in [-0.05, 0) is 26.0 Å². The average molecular weight is 318 g/mol. The SMILES string of the molecule is Cc1nc(NC(=O)C(=O)Nc2ccccc2C(N)=O)sc1C. The first-order valence-electron chi connectivity index (χ1n) is 6.33. The highest BCUT2D eigenvalue weighted by molar-refractivity contribution is 7.15. The van der Waals surface area contributed by atoms with Gasteiger partial charge in [0.25, 0.3) is 5.91 Å². The molecule has 7 nitrogen and oxygen atoms in total. The summed E-state index contributed by atoms with van der Waals surface area (Å²) < 4.78 is 0. The predicted octanol–water partition coefficient (Wildman–Crippen LogP) is 1.44. The summed E-state index contributed by atoms with van der Waals surface area (Å²) in [6.45, 7) is 3.68. The minimum Gasteiger partial charge on any atom is -0.366 e. The lowest BCUT2D eigenvalue weighted by atomic mass is 10.1. The van der Waals surface area contributed by atoms with Crippen LogP contribution in [0, 0.1) is 13.8 Å². The standard InChI is InChI=1S/C14H14N4O3S/c1-7-8(2)22-14(16-7)18-13(21)12(20)17-10-6-4-3-5-9(10)11(15)19/h3-6H,1-2H3,(H2,15,19)(H,17,20)(H,16,18,21). The van der Waals surface area contributed by atoms with Gasteiger partial charge in [0.05, 0.1) is 16.9 Å². The lowest BCUT2D eigenvalue weighted by molar-refractivity contribution is -0.133. The number of nitrogens with two attached hydrogens (primary N) is 1. The van der Waals surface area contributed by atoms with Gasteiger partial charge in [0.1, 0.15) is 0 Å². The van der Waals surface area contributed by atoms with Crippen LogP contribution in [-0.4, -0.2) is 22.7 Å². The number of primary amides is 1. The van der Waals surface area contributed by atoms with Crippen molar-refractivity contribution in [2.75, 3.05) is 10.6 Å². The zero-order valence-electron chi connectivity index (χ0n) is 12.0. The largest absolute Gasteiger partial charge is 0.366 e. The maximum Gasteiger partial charge on any atom is 0.315 e. The second-order valence-electron chi connectivity index (χ2n) is 4.48.